The summed E-state index contributed by atoms with van der Waals surface area (Å²) in [6.07, 6.45) is 1.61. The number of halogens is 1. The number of anilines is 1. The molecule has 0 atom stereocenters. The molecule has 1 amide bonds. The van der Waals surface area contributed by atoms with E-state index in [1.54, 1.807) is 12.3 Å². The van der Waals surface area contributed by atoms with Gasteiger partial charge in [0.25, 0.3) is 5.91 Å². The molecule has 0 saturated carbocycles. The summed E-state index contributed by atoms with van der Waals surface area (Å²) in [5.41, 5.74) is 2.68. The van der Waals surface area contributed by atoms with E-state index in [0.717, 1.165) is 12.1 Å². The molecule has 0 aliphatic carbocycles. The number of hydrogen-bond donors (Lipinski definition) is 1. The lowest BCUT2D eigenvalue weighted by molar-refractivity contribution is 0.101. The smallest absolute Gasteiger partial charge is 0.272 e. The maximum Gasteiger partial charge on any atom is 0.272 e. The third-order valence-corrected chi connectivity index (χ3v) is 3.41. The number of nitrogens with one attached hydrogen (secondary N) is 1. The van der Waals surface area contributed by atoms with Crippen LogP contribution in [-0.4, -0.2) is 10.5 Å². The Hall–Kier alpha value is -2.56. The number of benzene rings is 1. The van der Waals surface area contributed by atoms with Crippen LogP contribution < -0.4 is 5.32 Å². The van der Waals surface area contributed by atoms with Gasteiger partial charge in [-0.25, -0.2) is 4.39 Å². The number of nitrogens with zero attached hydrogens (tertiary/aromatic N) is 1. The highest BCUT2D eigenvalue weighted by Crippen LogP contribution is 2.23. The molecule has 0 radical (unpaired) electrons. The summed E-state index contributed by atoms with van der Waals surface area (Å²) in [6, 6.07) is 9.28. The second kappa shape index (κ2) is 5.67. The van der Waals surface area contributed by atoms with Crippen LogP contribution in [0.1, 0.15) is 24.3 Å². The SMILES string of the molecule is CC(C)Cn1c(C(=O)Nc2ccc(F)cc2)cc2occc21. The largest absolute Gasteiger partial charge is 0.463 e. The zero-order chi connectivity index (χ0) is 15.7. The second-order valence-electron chi connectivity index (χ2n) is 5.67. The molecule has 0 unspecified atom stereocenters. The number of amides is 1. The van der Waals surface area contributed by atoms with Crippen molar-refractivity contribution in [1.29, 1.82) is 0 Å². The molecule has 0 fully saturated rings. The summed E-state index contributed by atoms with van der Waals surface area (Å²) < 4.78 is 20.3. The number of carbonyl (C=O) groups is 1. The first-order valence-corrected chi connectivity index (χ1v) is 7.18. The minimum atomic E-state index is -0.335. The Bertz CT molecular complexity index is 800. The molecule has 0 bridgehead atoms. The van der Waals surface area contributed by atoms with Gasteiger partial charge < -0.3 is 14.3 Å². The quantitative estimate of drug-likeness (QED) is 0.781. The first kappa shape index (κ1) is 14.4. The maximum absolute atomic E-state index is 12.9. The topological polar surface area (TPSA) is 47.2 Å². The standard InChI is InChI=1S/C17H17FN2O2/c1-11(2)10-20-14-7-8-22-16(14)9-15(20)17(21)19-13-5-3-12(18)4-6-13/h3-9,11H,10H2,1-2H3,(H,19,21). The summed E-state index contributed by atoms with van der Waals surface area (Å²) in [5, 5.41) is 2.78. The fourth-order valence-electron chi connectivity index (χ4n) is 2.46. The highest BCUT2D eigenvalue weighted by Gasteiger charge is 2.18. The molecule has 5 heteroatoms. The van der Waals surface area contributed by atoms with Crippen molar-refractivity contribution < 1.29 is 13.6 Å². The van der Waals surface area contributed by atoms with Gasteiger partial charge in [0.1, 0.15) is 11.5 Å². The van der Waals surface area contributed by atoms with Crippen LogP contribution in [0.15, 0.2) is 47.1 Å². The molecule has 3 aromatic rings. The van der Waals surface area contributed by atoms with Crippen molar-refractivity contribution in [1.82, 2.24) is 4.57 Å². The molecule has 3 rings (SSSR count). The zero-order valence-corrected chi connectivity index (χ0v) is 12.5. The lowest BCUT2D eigenvalue weighted by Gasteiger charge is -2.12. The number of aromatic nitrogens is 1. The Morgan fingerprint density at radius 1 is 1.27 bits per heavy atom. The van der Waals surface area contributed by atoms with Gasteiger partial charge in [-0.05, 0) is 30.2 Å². The van der Waals surface area contributed by atoms with Gasteiger partial charge in [-0.15, -0.1) is 0 Å². The number of fused-ring (bicyclic) bond motifs is 1. The first-order valence-electron chi connectivity index (χ1n) is 7.18. The van der Waals surface area contributed by atoms with Gasteiger partial charge in [0.2, 0.25) is 0 Å². The van der Waals surface area contributed by atoms with Crippen LogP contribution in [0.25, 0.3) is 11.1 Å². The molecular weight excluding hydrogens is 283 g/mol. The average Bonchev–Trinajstić information content (AvgIpc) is 3.04. The molecule has 114 valence electrons. The highest BCUT2D eigenvalue weighted by molar-refractivity contribution is 6.05. The van der Waals surface area contributed by atoms with Gasteiger partial charge >= 0.3 is 0 Å². The van der Waals surface area contributed by atoms with Crippen LogP contribution in [0.4, 0.5) is 10.1 Å². The Morgan fingerprint density at radius 3 is 2.68 bits per heavy atom. The number of carbonyl (C=O) groups excluding carboxylic acids is 1. The lowest BCUT2D eigenvalue weighted by atomic mass is 10.2. The van der Waals surface area contributed by atoms with E-state index in [1.807, 2.05) is 10.6 Å². The van der Waals surface area contributed by atoms with Crippen LogP contribution in [0.3, 0.4) is 0 Å². The number of rotatable bonds is 4. The van der Waals surface area contributed by atoms with Gasteiger partial charge in [-0.1, -0.05) is 13.8 Å². The molecule has 0 saturated heterocycles. The molecule has 1 aromatic carbocycles. The predicted molar refractivity (Wildman–Crippen MR) is 83.4 cm³/mol. The summed E-state index contributed by atoms with van der Waals surface area (Å²) in [7, 11) is 0. The van der Waals surface area contributed by atoms with Crippen LogP contribution in [0.5, 0.6) is 0 Å². The van der Waals surface area contributed by atoms with Crippen molar-refractivity contribution in [3.8, 4) is 0 Å². The summed E-state index contributed by atoms with van der Waals surface area (Å²) >= 11 is 0. The minimum absolute atomic E-state index is 0.237. The Labute approximate surface area is 127 Å². The lowest BCUT2D eigenvalue weighted by Crippen LogP contribution is -2.18. The third-order valence-electron chi connectivity index (χ3n) is 3.41. The molecule has 0 spiro atoms. The van der Waals surface area contributed by atoms with Crippen molar-refractivity contribution in [2.24, 2.45) is 5.92 Å². The third kappa shape index (κ3) is 2.74. The van der Waals surface area contributed by atoms with Gasteiger partial charge in [0.15, 0.2) is 5.58 Å². The monoisotopic (exact) mass is 300 g/mol. The van der Waals surface area contributed by atoms with Gasteiger partial charge in [0.05, 0.1) is 11.8 Å². The van der Waals surface area contributed by atoms with Gasteiger partial charge in [-0.3, -0.25) is 4.79 Å². The molecule has 1 N–H and O–H groups in total. The molecule has 2 aromatic heterocycles. The van der Waals surface area contributed by atoms with Crippen LogP contribution in [-0.2, 0) is 6.54 Å². The minimum Gasteiger partial charge on any atom is -0.463 e. The van der Waals surface area contributed by atoms with Crippen molar-refractivity contribution in [3.63, 3.8) is 0 Å². The van der Waals surface area contributed by atoms with Gasteiger partial charge in [-0.2, -0.15) is 0 Å². The van der Waals surface area contributed by atoms with Crippen molar-refractivity contribution in [2.75, 3.05) is 5.32 Å². The first-order chi connectivity index (χ1) is 10.5. The molecule has 0 aliphatic rings. The number of furan rings is 1. The Morgan fingerprint density at radius 2 is 2.00 bits per heavy atom. The fourth-order valence-corrected chi connectivity index (χ4v) is 2.46. The fraction of sp³-hybridized carbons (Fsp3) is 0.235. The van der Waals surface area contributed by atoms with E-state index < -0.39 is 0 Å². The summed E-state index contributed by atoms with van der Waals surface area (Å²) in [5.74, 6) is -0.180. The Kier molecular flexibility index (Phi) is 3.71. The van der Waals surface area contributed by atoms with E-state index in [-0.39, 0.29) is 11.7 Å². The van der Waals surface area contributed by atoms with E-state index in [2.05, 4.69) is 19.2 Å². The van der Waals surface area contributed by atoms with Crippen molar-refractivity contribution in [3.05, 3.63) is 54.2 Å². The molecule has 2 heterocycles. The maximum atomic E-state index is 12.9. The Balaban J connectivity index is 1.92. The van der Waals surface area contributed by atoms with E-state index in [9.17, 15) is 9.18 Å². The molecule has 22 heavy (non-hydrogen) atoms. The molecule has 4 nitrogen and oxygen atoms in total. The molecular formula is C17H17FN2O2. The average molecular weight is 300 g/mol. The zero-order valence-electron chi connectivity index (χ0n) is 12.5. The number of hydrogen-bond acceptors (Lipinski definition) is 2. The summed E-state index contributed by atoms with van der Waals surface area (Å²) in [6.45, 7) is 4.90. The highest BCUT2D eigenvalue weighted by atomic mass is 19.1. The second-order valence-corrected chi connectivity index (χ2v) is 5.67. The van der Waals surface area contributed by atoms with Crippen LogP contribution in [0, 0.1) is 11.7 Å². The summed E-state index contributed by atoms with van der Waals surface area (Å²) in [4.78, 5) is 12.5. The van der Waals surface area contributed by atoms with E-state index in [0.29, 0.717) is 22.9 Å². The van der Waals surface area contributed by atoms with E-state index >= 15 is 0 Å². The van der Waals surface area contributed by atoms with E-state index in [4.69, 9.17) is 4.42 Å². The van der Waals surface area contributed by atoms with Crippen molar-refractivity contribution in [2.45, 2.75) is 20.4 Å². The molecule has 0 aliphatic heterocycles. The predicted octanol–water partition coefficient (Wildman–Crippen LogP) is 4.28. The van der Waals surface area contributed by atoms with E-state index in [1.165, 1.54) is 24.3 Å². The normalized spacial score (nSPS) is 11.3. The van der Waals surface area contributed by atoms with Crippen LogP contribution in [0.2, 0.25) is 0 Å². The van der Waals surface area contributed by atoms with Crippen LogP contribution >= 0.6 is 0 Å². The van der Waals surface area contributed by atoms with Crippen molar-refractivity contribution >= 4 is 22.7 Å². The van der Waals surface area contributed by atoms with Gasteiger partial charge in [0, 0.05) is 24.4 Å².